The lowest BCUT2D eigenvalue weighted by molar-refractivity contribution is -0.125. The standard InChI is InChI=1S/C31H63N5O3/c1-4-5-6-7-8-9-10-11-12-13-14-15-16-17-18-19-20-21-30(38)34-26-25-33-29(24-27-36(2)3)35-31(39)23-22-28(32)37/h29,33H,4-27H2,1-3H3,(H2,32,37)(H,34,38)(H,35,39). The van der Waals surface area contributed by atoms with Gasteiger partial charge in [0, 0.05) is 38.9 Å². The molecule has 3 amide bonds. The van der Waals surface area contributed by atoms with Crippen molar-refractivity contribution in [1.29, 1.82) is 0 Å². The first-order valence-electron chi connectivity index (χ1n) is 16.1. The first-order valence-corrected chi connectivity index (χ1v) is 16.1. The number of nitrogens with two attached hydrogens (primary N) is 1. The molecule has 8 heteroatoms. The molecular formula is C31H63N5O3. The van der Waals surface area contributed by atoms with Gasteiger partial charge in [-0.05, 0) is 26.9 Å². The lowest BCUT2D eigenvalue weighted by atomic mass is 10.0. The lowest BCUT2D eigenvalue weighted by Gasteiger charge is -2.22. The third-order valence-electron chi connectivity index (χ3n) is 7.14. The molecule has 8 nitrogen and oxygen atoms in total. The number of nitrogens with one attached hydrogen (secondary N) is 3. The van der Waals surface area contributed by atoms with Crippen molar-refractivity contribution in [2.75, 3.05) is 33.7 Å². The molecule has 0 aliphatic heterocycles. The van der Waals surface area contributed by atoms with Gasteiger partial charge in [-0.1, -0.05) is 110 Å². The van der Waals surface area contributed by atoms with Gasteiger partial charge < -0.3 is 21.3 Å². The zero-order chi connectivity index (χ0) is 29.0. The summed E-state index contributed by atoms with van der Waals surface area (Å²) in [4.78, 5) is 37.1. The highest BCUT2D eigenvalue weighted by Gasteiger charge is 2.13. The van der Waals surface area contributed by atoms with Crippen molar-refractivity contribution in [1.82, 2.24) is 20.9 Å². The van der Waals surface area contributed by atoms with Crippen LogP contribution in [-0.2, 0) is 14.4 Å². The van der Waals surface area contributed by atoms with Crippen LogP contribution < -0.4 is 21.7 Å². The number of primary amides is 1. The van der Waals surface area contributed by atoms with Crippen LogP contribution in [0.1, 0.15) is 142 Å². The minimum atomic E-state index is -0.481. The quantitative estimate of drug-likeness (QED) is 0.0732. The fraction of sp³-hybridized carbons (Fsp3) is 0.903. The Morgan fingerprint density at radius 2 is 1.13 bits per heavy atom. The molecular weight excluding hydrogens is 490 g/mol. The Labute approximate surface area is 240 Å². The molecule has 1 unspecified atom stereocenters. The van der Waals surface area contributed by atoms with Gasteiger partial charge in [0.15, 0.2) is 0 Å². The molecule has 230 valence electrons. The summed E-state index contributed by atoms with van der Waals surface area (Å²) in [5.41, 5.74) is 5.12. The molecule has 0 spiro atoms. The monoisotopic (exact) mass is 553 g/mol. The van der Waals surface area contributed by atoms with E-state index >= 15 is 0 Å². The number of hydrogen-bond acceptors (Lipinski definition) is 5. The van der Waals surface area contributed by atoms with Gasteiger partial charge in [0.25, 0.3) is 0 Å². The maximum Gasteiger partial charge on any atom is 0.221 e. The van der Waals surface area contributed by atoms with Crippen LogP contribution in [0, 0.1) is 0 Å². The molecule has 0 heterocycles. The van der Waals surface area contributed by atoms with Crippen LogP contribution in [0.25, 0.3) is 0 Å². The minimum Gasteiger partial charge on any atom is -0.370 e. The smallest absolute Gasteiger partial charge is 0.221 e. The van der Waals surface area contributed by atoms with Gasteiger partial charge in [0.2, 0.25) is 17.7 Å². The minimum absolute atomic E-state index is 0.0433. The molecule has 5 N–H and O–H groups in total. The van der Waals surface area contributed by atoms with Crippen molar-refractivity contribution in [2.45, 2.75) is 148 Å². The van der Waals surface area contributed by atoms with Crippen molar-refractivity contribution < 1.29 is 14.4 Å². The second-order valence-electron chi connectivity index (χ2n) is 11.4. The van der Waals surface area contributed by atoms with E-state index in [9.17, 15) is 14.4 Å². The zero-order valence-corrected chi connectivity index (χ0v) is 25.8. The maximum absolute atomic E-state index is 12.1. The molecule has 0 fully saturated rings. The van der Waals surface area contributed by atoms with E-state index in [1.807, 2.05) is 19.0 Å². The van der Waals surface area contributed by atoms with Gasteiger partial charge in [-0.3, -0.25) is 19.7 Å². The topological polar surface area (TPSA) is 117 Å². The van der Waals surface area contributed by atoms with Crippen LogP contribution in [0.3, 0.4) is 0 Å². The summed E-state index contributed by atoms with van der Waals surface area (Å²) in [6.07, 6.45) is 23.9. The molecule has 0 aliphatic carbocycles. The average Bonchev–Trinajstić information content (AvgIpc) is 2.90. The van der Waals surface area contributed by atoms with Crippen LogP contribution in [0.4, 0.5) is 0 Å². The fourth-order valence-electron chi connectivity index (χ4n) is 4.66. The van der Waals surface area contributed by atoms with E-state index in [0.717, 1.165) is 25.8 Å². The Bertz CT molecular complexity index is 601. The number of carbonyl (C=O) groups is 3. The van der Waals surface area contributed by atoms with E-state index < -0.39 is 5.91 Å². The molecule has 0 aromatic carbocycles. The van der Waals surface area contributed by atoms with E-state index in [1.165, 1.54) is 96.3 Å². The van der Waals surface area contributed by atoms with Crippen LogP contribution in [-0.4, -0.2) is 62.5 Å². The normalized spacial score (nSPS) is 12.0. The number of carbonyl (C=O) groups excluding carboxylic acids is 3. The molecule has 0 aliphatic rings. The molecule has 0 radical (unpaired) electrons. The third-order valence-corrected chi connectivity index (χ3v) is 7.14. The molecule has 1 atom stereocenters. The summed E-state index contributed by atoms with van der Waals surface area (Å²) in [6, 6.07) is 0. The number of amides is 3. The Balaban J connectivity index is 3.62. The molecule has 0 aromatic rings. The Morgan fingerprint density at radius 1 is 0.641 bits per heavy atom. The van der Waals surface area contributed by atoms with Crippen molar-refractivity contribution in [3.63, 3.8) is 0 Å². The van der Waals surface area contributed by atoms with E-state index in [0.29, 0.717) is 19.5 Å². The SMILES string of the molecule is CCCCCCCCCCCCCCCCCCCC(=O)NCCNC(CCN(C)C)NC(=O)CCC(N)=O. The van der Waals surface area contributed by atoms with Gasteiger partial charge in [-0.15, -0.1) is 0 Å². The predicted molar refractivity (Wildman–Crippen MR) is 163 cm³/mol. The molecule has 0 saturated carbocycles. The van der Waals surface area contributed by atoms with Gasteiger partial charge >= 0.3 is 0 Å². The van der Waals surface area contributed by atoms with Crippen LogP contribution in [0.15, 0.2) is 0 Å². The average molecular weight is 554 g/mol. The second-order valence-corrected chi connectivity index (χ2v) is 11.4. The third kappa shape index (κ3) is 29.1. The summed E-state index contributed by atoms with van der Waals surface area (Å²) in [5, 5.41) is 9.16. The number of nitrogens with zero attached hydrogens (tertiary/aromatic N) is 1. The van der Waals surface area contributed by atoms with Crippen molar-refractivity contribution in [2.24, 2.45) is 5.73 Å². The van der Waals surface area contributed by atoms with Crippen LogP contribution in [0.2, 0.25) is 0 Å². The highest BCUT2D eigenvalue weighted by atomic mass is 16.2. The van der Waals surface area contributed by atoms with E-state index in [-0.39, 0.29) is 30.8 Å². The summed E-state index contributed by atoms with van der Waals surface area (Å²) < 4.78 is 0. The Morgan fingerprint density at radius 3 is 1.59 bits per heavy atom. The fourth-order valence-corrected chi connectivity index (χ4v) is 4.66. The van der Waals surface area contributed by atoms with Gasteiger partial charge in [0.1, 0.15) is 0 Å². The highest BCUT2D eigenvalue weighted by Crippen LogP contribution is 2.14. The van der Waals surface area contributed by atoms with E-state index in [2.05, 4.69) is 22.9 Å². The largest absolute Gasteiger partial charge is 0.370 e. The predicted octanol–water partition coefficient (Wildman–Crippen LogP) is 5.39. The number of rotatable bonds is 29. The van der Waals surface area contributed by atoms with Crippen LogP contribution in [0.5, 0.6) is 0 Å². The summed E-state index contributed by atoms with van der Waals surface area (Å²) in [6.45, 7) is 4.17. The lowest BCUT2D eigenvalue weighted by Crippen LogP contribution is -2.49. The van der Waals surface area contributed by atoms with E-state index in [1.54, 1.807) is 0 Å². The Hall–Kier alpha value is -1.67. The highest BCUT2D eigenvalue weighted by molar-refractivity contribution is 5.82. The zero-order valence-electron chi connectivity index (χ0n) is 25.8. The molecule has 0 rings (SSSR count). The molecule has 0 aromatic heterocycles. The van der Waals surface area contributed by atoms with E-state index in [4.69, 9.17) is 5.73 Å². The number of hydrogen-bond donors (Lipinski definition) is 4. The van der Waals surface area contributed by atoms with Crippen molar-refractivity contribution >= 4 is 17.7 Å². The maximum atomic E-state index is 12.1. The van der Waals surface area contributed by atoms with Gasteiger partial charge in [0.05, 0.1) is 6.17 Å². The summed E-state index contributed by atoms with van der Waals surface area (Å²) in [7, 11) is 3.96. The number of unbranched alkanes of at least 4 members (excludes halogenated alkanes) is 16. The Kier molecular flexibility index (Phi) is 26.7. The van der Waals surface area contributed by atoms with Crippen molar-refractivity contribution in [3.8, 4) is 0 Å². The van der Waals surface area contributed by atoms with Crippen molar-refractivity contribution in [3.05, 3.63) is 0 Å². The molecule has 0 saturated heterocycles. The summed E-state index contributed by atoms with van der Waals surface area (Å²) in [5.74, 6) is -0.591. The molecule has 0 bridgehead atoms. The van der Waals surface area contributed by atoms with Gasteiger partial charge in [-0.25, -0.2) is 0 Å². The van der Waals surface area contributed by atoms with Gasteiger partial charge in [-0.2, -0.15) is 0 Å². The summed E-state index contributed by atoms with van der Waals surface area (Å²) >= 11 is 0. The van der Waals surface area contributed by atoms with Crippen LogP contribution >= 0.6 is 0 Å². The first kappa shape index (κ1) is 37.3. The first-order chi connectivity index (χ1) is 18.8. The molecule has 39 heavy (non-hydrogen) atoms. The second kappa shape index (κ2) is 27.9.